The Balaban J connectivity index is 2.41. The fourth-order valence-electron chi connectivity index (χ4n) is 1.25. The molecule has 0 spiro atoms. The van der Waals surface area contributed by atoms with E-state index in [0.717, 1.165) is 11.1 Å². The lowest BCUT2D eigenvalue weighted by Gasteiger charge is -1.96. The fraction of sp³-hybridized carbons (Fsp3) is 0.0909. The largest absolute Gasteiger partial charge is 0.449 e. The van der Waals surface area contributed by atoms with Gasteiger partial charge in [0, 0.05) is 11.6 Å². The van der Waals surface area contributed by atoms with Crippen LogP contribution in [0.3, 0.4) is 0 Å². The maximum atomic E-state index is 5.48. The highest BCUT2D eigenvalue weighted by Crippen LogP contribution is 2.23. The van der Waals surface area contributed by atoms with Crippen LogP contribution in [0.4, 0.5) is 5.88 Å². The molecule has 2 aromatic rings. The Labute approximate surface area is 77.0 Å². The third-order valence-electron chi connectivity index (χ3n) is 2.00. The van der Waals surface area contributed by atoms with Gasteiger partial charge in [-0.2, -0.15) is 0 Å². The van der Waals surface area contributed by atoms with Crippen LogP contribution in [-0.4, -0.2) is 0 Å². The minimum Gasteiger partial charge on any atom is -0.449 e. The van der Waals surface area contributed by atoms with Crippen LogP contribution in [0.15, 0.2) is 41.0 Å². The minimum atomic E-state index is 0.454. The molecule has 0 amide bonds. The Morgan fingerprint density at radius 2 is 1.77 bits per heavy atom. The summed E-state index contributed by atoms with van der Waals surface area (Å²) in [6, 6.07) is 10.1. The number of benzene rings is 1. The van der Waals surface area contributed by atoms with Gasteiger partial charge in [-0.15, -0.1) is 0 Å². The lowest BCUT2D eigenvalue weighted by molar-refractivity contribution is 0.588. The Hall–Kier alpha value is -1.70. The summed E-state index contributed by atoms with van der Waals surface area (Å²) in [6.07, 6.45) is 1.67. The van der Waals surface area contributed by atoms with Crippen molar-refractivity contribution in [1.29, 1.82) is 0 Å². The van der Waals surface area contributed by atoms with Gasteiger partial charge in [0.1, 0.15) is 6.26 Å². The number of rotatable bonds is 1. The molecule has 0 aliphatic rings. The van der Waals surface area contributed by atoms with Crippen molar-refractivity contribution in [3.8, 4) is 11.1 Å². The Morgan fingerprint density at radius 1 is 1.08 bits per heavy atom. The van der Waals surface area contributed by atoms with E-state index in [1.807, 2.05) is 6.07 Å². The standard InChI is InChI=1S/C11H11NO/c1-8-2-4-9(5-3-8)10-6-11(12)13-7-10/h2-7H,12H2,1H3. The van der Waals surface area contributed by atoms with Gasteiger partial charge in [-0.3, -0.25) is 0 Å². The molecule has 66 valence electrons. The van der Waals surface area contributed by atoms with Crippen LogP contribution < -0.4 is 5.73 Å². The van der Waals surface area contributed by atoms with Crippen molar-refractivity contribution >= 4 is 5.88 Å². The zero-order chi connectivity index (χ0) is 9.26. The first-order valence-corrected chi connectivity index (χ1v) is 4.17. The Morgan fingerprint density at radius 3 is 2.31 bits per heavy atom. The van der Waals surface area contributed by atoms with Gasteiger partial charge < -0.3 is 10.2 Å². The first-order valence-electron chi connectivity index (χ1n) is 4.17. The van der Waals surface area contributed by atoms with E-state index in [1.54, 1.807) is 6.26 Å². The molecule has 0 fully saturated rings. The van der Waals surface area contributed by atoms with Gasteiger partial charge >= 0.3 is 0 Å². The number of aryl methyl sites for hydroxylation is 1. The van der Waals surface area contributed by atoms with Crippen LogP contribution >= 0.6 is 0 Å². The van der Waals surface area contributed by atoms with E-state index in [2.05, 4.69) is 31.2 Å². The van der Waals surface area contributed by atoms with E-state index in [9.17, 15) is 0 Å². The van der Waals surface area contributed by atoms with E-state index in [4.69, 9.17) is 10.2 Å². The third-order valence-corrected chi connectivity index (χ3v) is 2.00. The molecule has 0 bridgehead atoms. The fourth-order valence-corrected chi connectivity index (χ4v) is 1.25. The number of anilines is 1. The van der Waals surface area contributed by atoms with Crippen molar-refractivity contribution in [2.45, 2.75) is 6.92 Å². The molecule has 0 aliphatic carbocycles. The van der Waals surface area contributed by atoms with E-state index < -0.39 is 0 Å². The number of nitrogen functional groups attached to an aromatic ring is 1. The molecule has 2 nitrogen and oxygen atoms in total. The van der Waals surface area contributed by atoms with Crippen molar-refractivity contribution < 1.29 is 4.42 Å². The summed E-state index contributed by atoms with van der Waals surface area (Å²) in [6.45, 7) is 2.06. The monoisotopic (exact) mass is 173 g/mol. The molecule has 13 heavy (non-hydrogen) atoms. The smallest absolute Gasteiger partial charge is 0.190 e. The molecule has 0 aliphatic heterocycles. The molecule has 1 aromatic heterocycles. The summed E-state index contributed by atoms with van der Waals surface area (Å²) >= 11 is 0. The summed E-state index contributed by atoms with van der Waals surface area (Å²) in [5, 5.41) is 0. The van der Waals surface area contributed by atoms with Crippen LogP contribution in [0, 0.1) is 6.92 Å². The topological polar surface area (TPSA) is 39.2 Å². The van der Waals surface area contributed by atoms with Crippen molar-refractivity contribution in [3.63, 3.8) is 0 Å². The summed E-state index contributed by atoms with van der Waals surface area (Å²) in [5.74, 6) is 0.454. The first kappa shape index (κ1) is 7.92. The molecule has 0 saturated carbocycles. The molecule has 2 heteroatoms. The predicted octanol–water partition coefficient (Wildman–Crippen LogP) is 2.84. The highest BCUT2D eigenvalue weighted by Gasteiger charge is 2.00. The van der Waals surface area contributed by atoms with Crippen molar-refractivity contribution in [2.75, 3.05) is 5.73 Å². The number of furan rings is 1. The lowest BCUT2D eigenvalue weighted by Crippen LogP contribution is -1.77. The number of hydrogen-bond donors (Lipinski definition) is 1. The second kappa shape index (κ2) is 2.98. The van der Waals surface area contributed by atoms with Crippen LogP contribution in [0.2, 0.25) is 0 Å². The van der Waals surface area contributed by atoms with Crippen LogP contribution in [0.1, 0.15) is 5.56 Å². The normalized spacial score (nSPS) is 10.2. The molecular weight excluding hydrogens is 162 g/mol. The van der Waals surface area contributed by atoms with Crippen LogP contribution in [-0.2, 0) is 0 Å². The average molecular weight is 173 g/mol. The maximum absolute atomic E-state index is 5.48. The highest BCUT2D eigenvalue weighted by atomic mass is 16.3. The molecule has 0 radical (unpaired) electrons. The van der Waals surface area contributed by atoms with Crippen molar-refractivity contribution in [2.24, 2.45) is 0 Å². The molecule has 0 saturated heterocycles. The van der Waals surface area contributed by atoms with E-state index in [1.165, 1.54) is 5.56 Å². The third kappa shape index (κ3) is 1.56. The van der Waals surface area contributed by atoms with Gasteiger partial charge in [-0.05, 0) is 12.5 Å². The predicted molar refractivity (Wildman–Crippen MR) is 53.3 cm³/mol. The SMILES string of the molecule is Cc1ccc(-c2coc(N)c2)cc1. The van der Waals surface area contributed by atoms with Gasteiger partial charge in [0.2, 0.25) is 0 Å². The lowest BCUT2D eigenvalue weighted by atomic mass is 10.1. The van der Waals surface area contributed by atoms with Gasteiger partial charge in [-0.25, -0.2) is 0 Å². The summed E-state index contributed by atoms with van der Waals surface area (Å²) < 4.78 is 5.03. The van der Waals surface area contributed by atoms with Gasteiger partial charge in [0.25, 0.3) is 0 Å². The summed E-state index contributed by atoms with van der Waals surface area (Å²) in [7, 11) is 0. The molecule has 2 rings (SSSR count). The summed E-state index contributed by atoms with van der Waals surface area (Å²) in [4.78, 5) is 0. The molecule has 1 heterocycles. The molecule has 1 aromatic carbocycles. The number of nitrogens with two attached hydrogens (primary N) is 1. The molecular formula is C11H11NO. The minimum absolute atomic E-state index is 0.454. The molecule has 2 N–H and O–H groups in total. The van der Waals surface area contributed by atoms with Crippen LogP contribution in [0.5, 0.6) is 0 Å². The quantitative estimate of drug-likeness (QED) is 0.720. The number of hydrogen-bond acceptors (Lipinski definition) is 2. The van der Waals surface area contributed by atoms with Crippen molar-refractivity contribution in [1.82, 2.24) is 0 Å². The van der Waals surface area contributed by atoms with E-state index >= 15 is 0 Å². The second-order valence-corrected chi connectivity index (χ2v) is 3.10. The zero-order valence-corrected chi connectivity index (χ0v) is 7.45. The molecule has 0 atom stereocenters. The van der Waals surface area contributed by atoms with E-state index in [-0.39, 0.29) is 0 Å². The first-order chi connectivity index (χ1) is 6.25. The Kier molecular flexibility index (Phi) is 1.81. The highest BCUT2D eigenvalue weighted by molar-refractivity contribution is 5.65. The maximum Gasteiger partial charge on any atom is 0.190 e. The Bertz CT molecular complexity index is 400. The van der Waals surface area contributed by atoms with Crippen molar-refractivity contribution in [3.05, 3.63) is 42.2 Å². The van der Waals surface area contributed by atoms with Gasteiger partial charge in [0.15, 0.2) is 5.88 Å². The van der Waals surface area contributed by atoms with Gasteiger partial charge in [-0.1, -0.05) is 29.8 Å². The van der Waals surface area contributed by atoms with Gasteiger partial charge in [0.05, 0.1) is 0 Å². The van der Waals surface area contributed by atoms with Crippen LogP contribution in [0.25, 0.3) is 11.1 Å². The average Bonchev–Trinajstić information content (AvgIpc) is 2.53. The molecule has 0 unspecified atom stereocenters. The van der Waals surface area contributed by atoms with E-state index in [0.29, 0.717) is 5.88 Å². The second-order valence-electron chi connectivity index (χ2n) is 3.10. The summed E-state index contributed by atoms with van der Waals surface area (Å²) in [5.41, 5.74) is 8.89. The zero-order valence-electron chi connectivity index (χ0n) is 7.45.